The van der Waals surface area contributed by atoms with Crippen molar-refractivity contribution in [3.8, 4) is 17.2 Å². The summed E-state index contributed by atoms with van der Waals surface area (Å²) in [7, 11) is 2.93. The molecule has 0 radical (unpaired) electrons. The van der Waals surface area contributed by atoms with E-state index >= 15 is 0 Å². The molecule has 0 saturated heterocycles. The van der Waals surface area contributed by atoms with Crippen LogP contribution >= 0.6 is 0 Å². The zero-order valence-electron chi connectivity index (χ0n) is 9.02. The number of hydrogen-bond donors (Lipinski definition) is 2. The molecule has 0 aromatic heterocycles. The lowest BCUT2D eigenvalue weighted by Crippen LogP contribution is -2.11. The highest BCUT2D eigenvalue weighted by Crippen LogP contribution is 2.36. The fourth-order valence-corrected chi connectivity index (χ4v) is 1.12. The molecule has 3 N–H and O–H groups in total. The second kappa shape index (κ2) is 5.11. The minimum Gasteiger partial charge on any atom is -0.496 e. The minimum atomic E-state index is -1.08. The van der Waals surface area contributed by atoms with E-state index in [0.717, 1.165) is 0 Å². The summed E-state index contributed by atoms with van der Waals surface area (Å²) >= 11 is 0. The predicted molar refractivity (Wildman–Crippen MR) is 57.1 cm³/mol. The van der Waals surface area contributed by atoms with Crippen molar-refractivity contribution in [3.05, 3.63) is 12.1 Å². The van der Waals surface area contributed by atoms with Gasteiger partial charge in [-0.05, 0) is 0 Å². The molecule has 0 aliphatic carbocycles. The number of aliphatic carboxylic acids is 1. The summed E-state index contributed by atoms with van der Waals surface area (Å²) in [4.78, 5) is 10.4. The van der Waals surface area contributed by atoms with Crippen LogP contribution in [0.1, 0.15) is 0 Å². The monoisotopic (exact) mass is 227 g/mol. The van der Waals surface area contributed by atoms with E-state index in [0.29, 0.717) is 11.5 Å². The van der Waals surface area contributed by atoms with Crippen molar-refractivity contribution in [1.29, 1.82) is 0 Å². The van der Waals surface area contributed by atoms with Crippen LogP contribution in [0.2, 0.25) is 0 Å². The molecule has 0 heterocycles. The van der Waals surface area contributed by atoms with Crippen LogP contribution in [0.15, 0.2) is 12.1 Å². The lowest BCUT2D eigenvalue weighted by Gasteiger charge is -2.12. The summed E-state index contributed by atoms with van der Waals surface area (Å²) in [6, 6.07) is 3.09. The molecule has 0 saturated carbocycles. The number of anilines is 1. The Bertz CT molecular complexity index is 391. The van der Waals surface area contributed by atoms with Crippen molar-refractivity contribution >= 4 is 11.7 Å². The zero-order valence-corrected chi connectivity index (χ0v) is 9.02. The van der Waals surface area contributed by atoms with E-state index < -0.39 is 12.6 Å². The van der Waals surface area contributed by atoms with E-state index in [-0.39, 0.29) is 11.4 Å². The number of hydrogen-bond acceptors (Lipinski definition) is 5. The van der Waals surface area contributed by atoms with Crippen LogP contribution in [0.5, 0.6) is 17.2 Å². The Kier molecular flexibility index (Phi) is 3.82. The van der Waals surface area contributed by atoms with Crippen molar-refractivity contribution in [2.45, 2.75) is 0 Å². The van der Waals surface area contributed by atoms with Crippen LogP contribution in [0.3, 0.4) is 0 Å². The number of nitrogens with two attached hydrogens (primary N) is 1. The van der Waals surface area contributed by atoms with Gasteiger partial charge in [0.2, 0.25) is 0 Å². The molecule has 0 atom stereocenters. The SMILES string of the molecule is COc1cc(OC)c(N)c(OCC(=O)O)c1. The summed E-state index contributed by atoms with van der Waals surface area (Å²) < 4.78 is 15.0. The first-order valence-electron chi connectivity index (χ1n) is 4.44. The van der Waals surface area contributed by atoms with E-state index in [1.807, 2.05) is 0 Å². The van der Waals surface area contributed by atoms with Crippen LogP contribution in [0.4, 0.5) is 5.69 Å². The predicted octanol–water partition coefficient (Wildman–Crippen LogP) is 0.749. The van der Waals surface area contributed by atoms with Crippen molar-refractivity contribution in [2.75, 3.05) is 26.6 Å². The van der Waals surface area contributed by atoms with Gasteiger partial charge in [0, 0.05) is 12.1 Å². The molecule has 88 valence electrons. The van der Waals surface area contributed by atoms with E-state index in [4.69, 9.17) is 25.1 Å². The van der Waals surface area contributed by atoms with Crippen LogP contribution in [0, 0.1) is 0 Å². The molecular weight excluding hydrogens is 214 g/mol. The minimum absolute atomic E-state index is 0.221. The van der Waals surface area contributed by atoms with Gasteiger partial charge in [-0.25, -0.2) is 4.79 Å². The fourth-order valence-electron chi connectivity index (χ4n) is 1.12. The fraction of sp³-hybridized carbons (Fsp3) is 0.300. The summed E-state index contributed by atoms with van der Waals surface area (Å²) in [5.41, 5.74) is 5.95. The lowest BCUT2D eigenvalue weighted by atomic mass is 10.2. The highest BCUT2D eigenvalue weighted by Gasteiger charge is 2.11. The molecule has 6 nitrogen and oxygen atoms in total. The first-order chi connectivity index (χ1) is 7.58. The zero-order chi connectivity index (χ0) is 12.1. The van der Waals surface area contributed by atoms with E-state index in [9.17, 15) is 4.79 Å². The van der Waals surface area contributed by atoms with Crippen molar-refractivity contribution in [1.82, 2.24) is 0 Å². The molecular formula is C10H13NO5. The molecule has 0 bridgehead atoms. The molecule has 0 aliphatic rings. The topological polar surface area (TPSA) is 91.0 Å². The van der Waals surface area contributed by atoms with Gasteiger partial charge < -0.3 is 25.1 Å². The van der Waals surface area contributed by atoms with Crippen molar-refractivity contribution in [3.63, 3.8) is 0 Å². The Morgan fingerprint density at radius 3 is 2.44 bits per heavy atom. The third kappa shape index (κ3) is 2.69. The number of carboxylic acids is 1. The molecule has 0 fully saturated rings. The number of carbonyl (C=O) groups is 1. The van der Waals surface area contributed by atoms with Crippen LogP contribution < -0.4 is 19.9 Å². The highest BCUT2D eigenvalue weighted by atomic mass is 16.5. The maximum Gasteiger partial charge on any atom is 0.341 e. The Morgan fingerprint density at radius 1 is 1.31 bits per heavy atom. The average molecular weight is 227 g/mol. The number of benzene rings is 1. The Labute approximate surface area is 92.5 Å². The Balaban J connectivity index is 3.01. The van der Waals surface area contributed by atoms with Gasteiger partial charge in [-0.1, -0.05) is 0 Å². The number of nitrogen functional groups attached to an aromatic ring is 1. The largest absolute Gasteiger partial charge is 0.496 e. The maximum absolute atomic E-state index is 10.4. The lowest BCUT2D eigenvalue weighted by molar-refractivity contribution is -0.139. The highest BCUT2D eigenvalue weighted by molar-refractivity contribution is 5.70. The van der Waals surface area contributed by atoms with Gasteiger partial charge in [0.15, 0.2) is 12.4 Å². The molecule has 6 heteroatoms. The quantitative estimate of drug-likeness (QED) is 0.721. The molecule has 0 aliphatic heterocycles. The molecule has 1 aromatic carbocycles. The first kappa shape index (κ1) is 12.0. The number of ether oxygens (including phenoxy) is 3. The second-order valence-electron chi connectivity index (χ2n) is 2.92. The van der Waals surface area contributed by atoms with Crippen LogP contribution in [-0.2, 0) is 4.79 Å². The number of carboxylic acid groups (broad SMARTS) is 1. The normalized spacial score (nSPS) is 9.62. The number of rotatable bonds is 5. The Hall–Kier alpha value is -2.11. The van der Waals surface area contributed by atoms with Gasteiger partial charge in [-0.15, -0.1) is 0 Å². The standard InChI is InChI=1S/C10H13NO5/c1-14-6-3-7(15-2)10(11)8(4-6)16-5-9(12)13/h3-4H,5,11H2,1-2H3,(H,12,13). The van der Waals surface area contributed by atoms with Crippen LogP contribution in [-0.4, -0.2) is 31.9 Å². The summed E-state index contributed by atoms with van der Waals surface area (Å²) in [5, 5.41) is 8.49. The smallest absolute Gasteiger partial charge is 0.341 e. The summed E-state index contributed by atoms with van der Waals surface area (Å²) in [6.45, 7) is -0.472. The van der Waals surface area contributed by atoms with Gasteiger partial charge >= 0.3 is 5.97 Å². The molecule has 0 spiro atoms. The molecule has 1 rings (SSSR count). The number of methoxy groups -OCH3 is 2. The molecule has 1 aromatic rings. The summed E-state index contributed by atoms with van der Waals surface area (Å²) in [6.07, 6.45) is 0. The van der Waals surface area contributed by atoms with Crippen LogP contribution in [0.25, 0.3) is 0 Å². The van der Waals surface area contributed by atoms with E-state index in [1.165, 1.54) is 20.3 Å². The van der Waals surface area contributed by atoms with E-state index in [1.54, 1.807) is 6.07 Å². The van der Waals surface area contributed by atoms with Gasteiger partial charge in [0.25, 0.3) is 0 Å². The van der Waals surface area contributed by atoms with Gasteiger partial charge in [-0.2, -0.15) is 0 Å². The third-order valence-electron chi connectivity index (χ3n) is 1.88. The summed E-state index contributed by atoms with van der Waals surface area (Å²) in [5.74, 6) is -0.00837. The van der Waals surface area contributed by atoms with Crippen molar-refractivity contribution in [2.24, 2.45) is 0 Å². The Morgan fingerprint density at radius 2 is 1.94 bits per heavy atom. The molecule has 0 unspecified atom stereocenters. The molecule has 0 amide bonds. The van der Waals surface area contributed by atoms with E-state index in [2.05, 4.69) is 0 Å². The van der Waals surface area contributed by atoms with Gasteiger partial charge in [-0.3, -0.25) is 0 Å². The first-order valence-corrected chi connectivity index (χ1v) is 4.44. The maximum atomic E-state index is 10.4. The molecule has 16 heavy (non-hydrogen) atoms. The van der Waals surface area contributed by atoms with Gasteiger partial charge in [0.1, 0.15) is 17.2 Å². The van der Waals surface area contributed by atoms with Gasteiger partial charge in [0.05, 0.1) is 14.2 Å². The average Bonchev–Trinajstić information content (AvgIpc) is 2.27. The van der Waals surface area contributed by atoms with Crippen molar-refractivity contribution < 1.29 is 24.1 Å². The third-order valence-corrected chi connectivity index (χ3v) is 1.88. The second-order valence-corrected chi connectivity index (χ2v) is 2.92.